The number of rotatable bonds is 4. The second-order valence-electron chi connectivity index (χ2n) is 3.89. The Hall–Kier alpha value is -1.42. The van der Waals surface area contributed by atoms with Crippen molar-refractivity contribution in [2.75, 3.05) is 12.5 Å². The predicted octanol–water partition coefficient (Wildman–Crippen LogP) is 5.10. The first kappa shape index (κ1) is 15.0. The number of anilines is 1. The third-order valence-corrected chi connectivity index (χ3v) is 3.29. The molecule has 0 saturated heterocycles. The molecule has 20 heavy (non-hydrogen) atoms. The van der Waals surface area contributed by atoms with E-state index in [4.69, 9.17) is 39.5 Å². The van der Waals surface area contributed by atoms with Crippen molar-refractivity contribution >= 4 is 46.7 Å². The summed E-state index contributed by atoms with van der Waals surface area (Å²) in [5.41, 5.74) is 4.48. The first-order valence-corrected chi connectivity index (χ1v) is 6.81. The standard InChI is InChI=1S/C14H11Cl3N2O/c1-20-14-12(16)6-9(7-13(14)17)8-18-19-11-4-2-10(15)3-5-11/h2-8,19H,1H3/b18-8+. The van der Waals surface area contributed by atoms with Crippen molar-refractivity contribution in [3.8, 4) is 5.75 Å². The van der Waals surface area contributed by atoms with Crippen LogP contribution in [0.3, 0.4) is 0 Å². The van der Waals surface area contributed by atoms with Gasteiger partial charge in [0.15, 0.2) is 5.75 Å². The molecule has 0 heterocycles. The summed E-state index contributed by atoms with van der Waals surface area (Å²) in [6.07, 6.45) is 1.62. The van der Waals surface area contributed by atoms with E-state index in [-0.39, 0.29) is 0 Å². The lowest BCUT2D eigenvalue weighted by Gasteiger charge is -2.06. The van der Waals surface area contributed by atoms with E-state index in [1.807, 2.05) is 12.1 Å². The molecular weight excluding hydrogens is 319 g/mol. The lowest BCUT2D eigenvalue weighted by Crippen LogP contribution is -1.92. The van der Waals surface area contributed by atoms with Crippen molar-refractivity contribution in [2.45, 2.75) is 0 Å². The van der Waals surface area contributed by atoms with Gasteiger partial charge in [0.1, 0.15) is 0 Å². The van der Waals surface area contributed by atoms with E-state index in [0.29, 0.717) is 20.8 Å². The molecule has 2 rings (SSSR count). The third kappa shape index (κ3) is 3.79. The summed E-state index contributed by atoms with van der Waals surface area (Å²) in [5, 5.41) is 5.65. The second-order valence-corrected chi connectivity index (χ2v) is 5.15. The lowest BCUT2D eigenvalue weighted by molar-refractivity contribution is 0.415. The maximum absolute atomic E-state index is 6.04. The number of hydrazone groups is 1. The summed E-state index contributed by atoms with van der Waals surface area (Å²) in [6.45, 7) is 0. The van der Waals surface area contributed by atoms with Crippen molar-refractivity contribution in [3.63, 3.8) is 0 Å². The molecule has 0 atom stereocenters. The fourth-order valence-corrected chi connectivity index (χ4v) is 2.34. The zero-order chi connectivity index (χ0) is 14.5. The van der Waals surface area contributed by atoms with Crippen molar-refractivity contribution in [1.29, 1.82) is 0 Å². The van der Waals surface area contributed by atoms with Gasteiger partial charge in [0.2, 0.25) is 0 Å². The van der Waals surface area contributed by atoms with Gasteiger partial charge in [-0.25, -0.2) is 0 Å². The Morgan fingerprint density at radius 2 is 1.65 bits per heavy atom. The van der Waals surface area contributed by atoms with Crippen LogP contribution in [-0.4, -0.2) is 13.3 Å². The van der Waals surface area contributed by atoms with Crippen molar-refractivity contribution in [2.24, 2.45) is 5.10 Å². The Balaban J connectivity index is 2.10. The zero-order valence-corrected chi connectivity index (χ0v) is 12.8. The van der Waals surface area contributed by atoms with Crippen LogP contribution >= 0.6 is 34.8 Å². The molecule has 0 spiro atoms. The third-order valence-electron chi connectivity index (χ3n) is 2.48. The fourth-order valence-electron chi connectivity index (χ4n) is 1.55. The molecule has 0 bridgehead atoms. The molecule has 0 aliphatic carbocycles. The maximum Gasteiger partial charge on any atom is 0.156 e. The summed E-state index contributed by atoms with van der Waals surface area (Å²) in [7, 11) is 1.52. The number of hydrogen-bond donors (Lipinski definition) is 1. The van der Waals surface area contributed by atoms with E-state index < -0.39 is 0 Å². The van der Waals surface area contributed by atoms with Gasteiger partial charge in [-0.1, -0.05) is 34.8 Å². The normalized spacial score (nSPS) is 10.8. The van der Waals surface area contributed by atoms with Crippen LogP contribution < -0.4 is 10.2 Å². The first-order valence-electron chi connectivity index (χ1n) is 5.68. The molecule has 2 aromatic carbocycles. The Morgan fingerprint density at radius 3 is 2.20 bits per heavy atom. The molecule has 0 amide bonds. The van der Waals surface area contributed by atoms with E-state index in [2.05, 4.69) is 10.5 Å². The van der Waals surface area contributed by atoms with Crippen LogP contribution in [0.1, 0.15) is 5.56 Å². The topological polar surface area (TPSA) is 33.6 Å². The molecule has 0 aliphatic heterocycles. The van der Waals surface area contributed by atoms with Gasteiger partial charge >= 0.3 is 0 Å². The van der Waals surface area contributed by atoms with E-state index in [9.17, 15) is 0 Å². The summed E-state index contributed by atoms with van der Waals surface area (Å²) < 4.78 is 5.08. The van der Waals surface area contributed by atoms with Gasteiger partial charge in [0.25, 0.3) is 0 Å². The number of halogens is 3. The largest absolute Gasteiger partial charge is 0.494 e. The number of nitrogens with one attached hydrogen (secondary N) is 1. The predicted molar refractivity (Wildman–Crippen MR) is 85.7 cm³/mol. The van der Waals surface area contributed by atoms with E-state index in [1.165, 1.54) is 7.11 Å². The van der Waals surface area contributed by atoms with Crippen LogP contribution in [0.2, 0.25) is 15.1 Å². The fraction of sp³-hybridized carbons (Fsp3) is 0.0714. The highest BCUT2D eigenvalue weighted by atomic mass is 35.5. The summed E-state index contributed by atoms with van der Waals surface area (Å²) in [4.78, 5) is 0. The van der Waals surface area contributed by atoms with Crippen LogP contribution in [0.15, 0.2) is 41.5 Å². The van der Waals surface area contributed by atoms with Gasteiger partial charge in [-0.05, 0) is 42.0 Å². The molecule has 3 nitrogen and oxygen atoms in total. The van der Waals surface area contributed by atoms with E-state index in [1.54, 1.807) is 30.5 Å². The van der Waals surface area contributed by atoms with Gasteiger partial charge in [0, 0.05) is 5.02 Å². The van der Waals surface area contributed by atoms with Gasteiger partial charge < -0.3 is 4.74 Å². The molecular formula is C14H11Cl3N2O. The minimum atomic E-state index is 0.438. The van der Waals surface area contributed by atoms with Crippen molar-refractivity contribution in [1.82, 2.24) is 0 Å². The number of hydrogen-bond acceptors (Lipinski definition) is 3. The zero-order valence-electron chi connectivity index (χ0n) is 10.5. The molecule has 0 radical (unpaired) electrons. The van der Waals surface area contributed by atoms with Gasteiger partial charge in [-0.3, -0.25) is 5.43 Å². The van der Waals surface area contributed by atoms with Crippen LogP contribution in [0, 0.1) is 0 Å². The monoisotopic (exact) mass is 328 g/mol. The number of ether oxygens (including phenoxy) is 1. The number of nitrogens with zero attached hydrogens (tertiary/aromatic N) is 1. The Morgan fingerprint density at radius 1 is 1.05 bits per heavy atom. The smallest absolute Gasteiger partial charge is 0.156 e. The highest BCUT2D eigenvalue weighted by Crippen LogP contribution is 2.33. The minimum Gasteiger partial charge on any atom is -0.494 e. The number of benzene rings is 2. The summed E-state index contributed by atoms with van der Waals surface area (Å²) in [6, 6.07) is 10.7. The molecule has 104 valence electrons. The van der Waals surface area contributed by atoms with Gasteiger partial charge in [-0.15, -0.1) is 0 Å². The SMILES string of the molecule is COc1c(Cl)cc(/C=N/Nc2ccc(Cl)cc2)cc1Cl. The Labute approximate surface area is 132 Å². The highest BCUT2D eigenvalue weighted by molar-refractivity contribution is 6.37. The van der Waals surface area contributed by atoms with Crippen LogP contribution in [0.5, 0.6) is 5.75 Å². The molecule has 1 N–H and O–H groups in total. The first-order chi connectivity index (χ1) is 9.60. The maximum atomic E-state index is 6.04. The summed E-state index contributed by atoms with van der Waals surface area (Å²) >= 11 is 17.9. The molecule has 2 aromatic rings. The molecule has 6 heteroatoms. The van der Waals surface area contributed by atoms with Crippen LogP contribution in [-0.2, 0) is 0 Å². The molecule has 0 aliphatic rings. The Bertz CT molecular complexity index is 604. The number of methoxy groups -OCH3 is 1. The highest BCUT2D eigenvalue weighted by Gasteiger charge is 2.07. The average Bonchev–Trinajstić information content (AvgIpc) is 2.41. The van der Waals surface area contributed by atoms with Crippen molar-refractivity contribution < 1.29 is 4.74 Å². The van der Waals surface area contributed by atoms with E-state index in [0.717, 1.165) is 11.3 Å². The Kier molecular flexibility index (Phi) is 5.12. The molecule has 0 saturated carbocycles. The van der Waals surface area contributed by atoms with Crippen LogP contribution in [0.25, 0.3) is 0 Å². The van der Waals surface area contributed by atoms with Gasteiger partial charge in [0.05, 0.1) is 29.1 Å². The molecule has 0 unspecified atom stereocenters. The van der Waals surface area contributed by atoms with Crippen molar-refractivity contribution in [3.05, 3.63) is 57.0 Å². The summed E-state index contributed by atoms with van der Waals surface area (Å²) in [5.74, 6) is 0.455. The van der Waals surface area contributed by atoms with Crippen LogP contribution in [0.4, 0.5) is 5.69 Å². The lowest BCUT2D eigenvalue weighted by atomic mass is 10.2. The minimum absolute atomic E-state index is 0.438. The quantitative estimate of drug-likeness (QED) is 0.625. The molecule has 0 fully saturated rings. The average molecular weight is 330 g/mol. The van der Waals surface area contributed by atoms with Gasteiger partial charge in [-0.2, -0.15) is 5.10 Å². The molecule has 0 aromatic heterocycles. The van der Waals surface area contributed by atoms with E-state index >= 15 is 0 Å². The second kappa shape index (κ2) is 6.84.